The predicted octanol–water partition coefficient (Wildman–Crippen LogP) is 5.69. The van der Waals surface area contributed by atoms with Crippen molar-refractivity contribution in [2.75, 3.05) is 0 Å². The molecule has 1 aromatic heterocycles. The minimum atomic E-state index is -4.55. The van der Waals surface area contributed by atoms with Crippen LogP contribution in [0, 0.1) is 17.0 Å². The van der Waals surface area contributed by atoms with E-state index in [9.17, 15) is 28.1 Å². The van der Waals surface area contributed by atoms with Gasteiger partial charge in [-0.1, -0.05) is 36.4 Å². The molecule has 0 radical (unpaired) electrons. The summed E-state index contributed by atoms with van der Waals surface area (Å²) in [5, 5.41) is 15.8. The Labute approximate surface area is 197 Å². The number of nitrogens with zero attached hydrogens (tertiary/aromatic N) is 3. The van der Waals surface area contributed by atoms with Crippen LogP contribution in [0.5, 0.6) is 0 Å². The molecule has 0 aliphatic carbocycles. The molecule has 1 N–H and O–H groups in total. The first-order valence-electron chi connectivity index (χ1n) is 10.5. The average molecular weight is 480 g/mol. The highest BCUT2D eigenvalue weighted by molar-refractivity contribution is 6.02. The van der Waals surface area contributed by atoms with Crippen molar-refractivity contribution in [2.45, 2.75) is 19.6 Å². The van der Waals surface area contributed by atoms with Crippen LogP contribution in [-0.4, -0.2) is 21.6 Å². The molecule has 1 heterocycles. The van der Waals surface area contributed by atoms with E-state index in [1.807, 2.05) is 35.8 Å². The summed E-state index contributed by atoms with van der Waals surface area (Å²) in [6.45, 7) is 2.33. The molecule has 3 aromatic carbocycles. The lowest BCUT2D eigenvalue weighted by molar-refractivity contribution is -0.384. The summed E-state index contributed by atoms with van der Waals surface area (Å²) < 4.78 is 40.8. The fourth-order valence-corrected chi connectivity index (χ4v) is 3.79. The molecule has 0 spiro atoms. The molecule has 0 fully saturated rings. The Kier molecular flexibility index (Phi) is 6.37. The van der Waals surface area contributed by atoms with Crippen molar-refractivity contribution in [1.82, 2.24) is 9.99 Å². The van der Waals surface area contributed by atoms with E-state index in [0.717, 1.165) is 45.9 Å². The zero-order valence-electron chi connectivity index (χ0n) is 18.4. The van der Waals surface area contributed by atoms with Gasteiger partial charge < -0.3 is 4.57 Å². The maximum Gasteiger partial charge on any atom is 0.416 e. The van der Waals surface area contributed by atoms with E-state index in [1.165, 1.54) is 24.4 Å². The zero-order chi connectivity index (χ0) is 25.2. The Bertz CT molecular complexity index is 1440. The molecule has 0 saturated heterocycles. The van der Waals surface area contributed by atoms with Crippen LogP contribution in [0.3, 0.4) is 0 Å². The maximum atomic E-state index is 12.9. The molecule has 0 unspecified atom stereocenters. The van der Waals surface area contributed by atoms with Crippen LogP contribution in [0.1, 0.15) is 32.7 Å². The second-order valence-electron chi connectivity index (χ2n) is 7.80. The molecule has 0 saturated carbocycles. The normalized spacial score (nSPS) is 11.8. The molecule has 1 amide bonds. The van der Waals surface area contributed by atoms with Crippen LogP contribution in [-0.2, 0) is 12.7 Å². The van der Waals surface area contributed by atoms with E-state index >= 15 is 0 Å². The summed E-state index contributed by atoms with van der Waals surface area (Å²) in [6.07, 6.45) is -3.10. The largest absolute Gasteiger partial charge is 0.416 e. The van der Waals surface area contributed by atoms with Gasteiger partial charge in [-0.25, -0.2) is 5.43 Å². The number of non-ortho nitro benzene ring substituents is 1. The number of hydrazone groups is 1. The number of nitro groups is 1. The van der Waals surface area contributed by atoms with Crippen LogP contribution in [0.15, 0.2) is 77.9 Å². The number of rotatable bonds is 6. The number of benzene rings is 3. The van der Waals surface area contributed by atoms with Gasteiger partial charge in [0.15, 0.2) is 0 Å². The van der Waals surface area contributed by atoms with Crippen molar-refractivity contribution in [3.8, 4) is 0 Å². The number of amides is 1. The van der Waals surface area contributed by atoms with Gasteiger partial charge in [-0.2, -0.15) is 18.3 Å². The standard InChI is InChI=1S/C25H19F3N4O3/c1-16-22(14-29-30-24(33)18-5-4-6-19(13-18)25(26,27)28)21-7-2-3-8-23(21)31(16)15-17-9-11-20(12-10-17)32(34)35/h2-14H,15H2,1H3,(H,30,33). The Hall–Kier alpha value is -4.47. The number of fused-ring (bicyclic) bond motifs is 1. The van der Waals surface area contributed by atoms with Crippen molar-refractivity contribution >= 4 is 28.7 Å². The van der Waals surface area contributed by atoms with E-state index in [2.05, 4.69) is 10.5 Å². The van der Waals surface area contributed by atoms with Crippen molar-refractivity contribution < 1.29 is 22.9 Å². The summed E-state index contributed by atoms with van der Waals surface area (Å²) in [5.74, 6) is -0.764. The lowest BCUT2D eigenvalue weighted by atomic mass is 10.1. The second-order valence-corrected chi connectivity index (χ2v) is 7.80. The molecule has 178 valence electrons. The van der Waals surface area contributed by atoms with Crippen molar-refractivity contribution in [1.29, 1.82) is 0 Å². The average Bonchev–Trinajstić information content (AvgIpc) is 3.10. The maximum absolute atomic E-state index is 12.9. The number of aromatic nitrogens is 1. The van der Waals surface area contributed by atoms with Gasteiger partial charge in [0.05, 0.1) is 16.7 Å². The molecule has 0 aliphatic rings. The highest BCUT2D eigenvalue weighted by atomic mass is 19.4. The summed E-state index contributed by atoms with van der Waals surface area (Å²) in [5.41, 5.74) is 4.54. The molecular formula is C25H19F3N4O3. The third-order valence-electron chi connectivity index (χ3n) is 5.58. The van der Waals surface area contributed by atoms with E-state index in [1.54, 1.807) is 12.1 Å². The fourth-order valence-electron chi connectivity index (χ4n) is 3.79. The van der Waals surface area contributed by atoms with E-state index < -0.39 is 22.6 Å². The number of hydrogen-bond acceptors (Lipinski definition) is 4. The number of para-hydroxylation sites is 1. The van der Waals surface area contributed by atoms with Crippen LogP contribution in [0.25, 0.3) is 10.9 Å². The quantitative estimate of drug-likeness (QED) is 0.218. The van der Waals surface area contributed by atoms with Gasteiger partial charge in [-0.05, 0) is 36.8 Å². The topological polar surface area (TPSA) is 89.5 Å². The van der Waals surface area contributed by atoms with E-state index in [4.69, 9.17) is 0 Å². The zero-order valence-corrected chi connectivity index (χ0v) is 18.4. The summed E-state index contributed by atoms with van der Waals surface area (Å²) in [4.78, 5) is 22.8. The smallest absolute Gasteiger partial charge is 0.340 e. The monoisotopic (exact) mass is 480 g/mol. The van der Waals surface area contributed by atoms with Crippen LogP contribution in [0.2, 0.25) is 0 Å². The van der Waals surface area contributed by atoms with Gasteiger partial charge in [0.25, 0.3) is 11.6 Å². The number of nitrogens with one attached hydrogen (secondary N) is 1. The first kappa shape index (κ1) is 23.7. The molecular weight excluding hydrogens is 461 g/mol. The SMILES string of the molecule is Cc1c(C=NNC(=O)c2cccc(C(F)(F)F)c2)c2ccccc2n1Cc1ccc([N+](=O)[O-])cc1. The fraction of sp³-hybridized carbons (Fsp3) is 0.120. The number of hydrogen-bond donors (Lipinski definition) is 1. The van der Waals surface area contributed by atoms with Crippen LogP contribution in [0.4, 0.5) is 18.9 Å². The van der Waals surface area contributed by atoms with Crippen molar-refractivity contribution in [3.05, 3.63) is 111 Å². The molecule has 10 heteroatoms. The van der Waals surface area contributed by atoms with E-state index in [0.29, 0.717) is 6.54 Å². The molecule has 35 heavy (non-hydrogen) atoms. The van der Waals surface area contributed by atoms with Crippen LogP contribution < -0.4 is 5.43 Å². The molecule has 0 aliphatic heterocycles. The van der Waals surface area contributed by atoms with E-state index in [-0.39, 0.29) is 11.3 Å². The summed E-state index contributed by atoms with van der Waals surface area (Å²) >= 11 is 0. The Morgan fingerprint density at radius 3 is 2.49 bits per heavy atom. The summed E-state index contributed by atoms with van der Waals surface area (Å²) in [6, 6.07) is 17.9. The third kappa shape index (κ3) is 5.06. The van der Waals surface area contributed by atoms with Gasteiger partial charge in [0, 0.05) is 46.4 Å². The van der Waals surface area contributed by atoms with Crippen molar-refractivity contribution in [2.24, 2.45) is 5.10 Å². The lowest BCUT2D eigenvalue weighted by Crippen LogP contribution is -2.18. The first-order chi connectivity index (χ1) is 16.6. The lowest BCUT2D eigenvalue weighted by Gasteiger charge is -2.09. The number of carbonyl (C=O) groups is 1. The van der Waals surface area contributed by atoms with Gasteiger partial charge >= 0.3 is 6.18 Å². The predicted molar refractivity (Wildman–Crippen MR) is 125 cm³/mol. The minimum Gasteiger partial charge on any atom is -0.340 e. The molecule has 4 rings (SSSR count). The minimum absolute atomic E-state index is 0.00664. The first-order valence-corrected chi connectivity index (χ1v) is 10.5. The van der Waals surface area contributed by atoms with Crippen LogP contribution >= 0.6 is 0 Å². The molecule has 4 aromatic rings. The van der Waals surface area contributed by atoms with Crippen molar-refractivity contribution in [3.63, 3.8) is 0 Å². The Morgan fingerprint density at radius 1 is 1.09 bits per heavy atom. The second kappa shape index (κ2) is 9.41. The highest BCUT2D eigenvalue weighted by Gasteiger charge is 2.30. The van der Waals surface area contributed by atoms with Gasteiger partial charge in [0.2, 0.25) is 0 Å². The van der Waals surface area contributed by atoms with Gasteiger partial charge in [-0.15, -0.1) is 0 Å². The number of carbonyl (C=O) groups excluding carboxylic acids is 1. The molecule has 7 nitrogen and oxygen atoms in total. The number of nitro benzene ring substituents is 1. The summed E-state index contributed by atoms with van der Waals surface area (Å²) in [7, 11) is 0. The molecule has 0 atom stereocenters. The highest BCUT2D eigenvalue weighted by Crippen LogP contribution is 2.29. The van der Waals surface area contributed by atoms with Gasteiger partial charge in [0.1, 0.15) is 0 Å². The molecule has 0 bridgehead atoms. The Balaban J connectivity index is 1.59. The number of halogens is 3. The number of alkyl halides is 3. The third-order valence-corrected chi connectivity index (χ3v) is 5.58. The Morgan fingerprint density at radius 2 is 1.80 bits per heavy atom. The van der Waals surface area contributed by atoms with Gasteiger partial charge in [-0.3, -0.25) is 14.9 Å².